The first-order chi connectivity index (χ1) is 16.8. The standard InChI is InChI=1S/C28H30FNO5/c1-18(7-12-27-20(3)34-13-14-35-27)24-6-4-5-22(19(24)2)9-10-23-15-21(8-11-25(23)29)16-30-26(17-31)28(32)33/h4-12,15,26,30-31H,3,13-14,16-17H2,1-2H3,(H,32,33)/b10-9+,18-7+,27-12+. The number of ether oxygens (including phenoxy) is 2. The summed E-state index contributed by atoms with van der Waals surface area (Å²) < 4.78 is 25.4. The third kappa shape index (κ3) is 6.91. The van der Waals surface area contributed by atoms with Gasteiger partial charge in [-0.2, -0.15) is 0 Å². The molecule has 3 N–H and O–H groups in total. The van der Waals surface area contributed by atoms with Gasteiger partial charge in [0.1, 0.15) is 25.1 Å². The van der Waals surface area contributed by atoms with Gasteiger partial charge in [-0.3, -0.25) is 10.1 Å². The fourth-order valence-electron chi connectivity index (χ4n) is 3.64. The van der Waals surface area contributed by atoms with Crippen LogP contribution in [0.15, 0.2) is 66.6 Å². The summed E-state index contributed by atoms with van der Waals surface area (Å²) in [6.07, 6.45) is 7.36. The van der Waals surface area contributed by atoms with E-state index in [4.69, 9.17) is 19.7 Å². The average molecular weight is 480 g/mol. The van der Waals surface area contributed by atoms with E-state index < -0.39 is 18.6 Å². The fraction of sp³-hybridized carbons (Fsp3) is 0.250. The molecule has 1 saturated heterocycles. The molecule has 3 rings (SSSR count). The molecular weight excluding hydrogens is 449 g/mol. The van der Waals surface area contributed by atoms with Gasteiger partial charge in [-0.1, -0.05) is 49.1 Å². The minimum absolute atomic E-state index is 0.188. The molecule has 0 aromatic heterocycles. The molecule has 0 aliphatic carbocycles. The van der Waals surface area contributed by atoms with Crippen LogP contribution in [0, 0.1) is 12.7 Å². The predicted molar refractivity (Wildman–Crippen MR) is 135 cm³/mol. The zero-order valence-electron chi connectivity index (χ0n) is 19.9. The molecule has 184 valence electrons. The van der Waals surface area contributed by atoms with Crippen molar-refractivity contribution >= 4 is 23.7 Å². The third-order valence-electron chi connectivity index (χ3n) is 5.71. The second-order valence-electron chi connectivity index (χ2n) is 8.16. The largest absolute Gasteiger partial charge is 0.487 e. The molecule has 2 aromatic carbocycles. The lowest BCUT2D eigenvalue weighted by atomic mass is 9.96. The van der Waals surface area contributed by atoms with Gasteiger partial charge in [0, 0.05) is 12.1 Å². The van der Waals surface area contributed by atoms with Crippen LogP contribution in [0.4, 0.5) is 4.39 Å². The van der Waals surface area contributed by atoms with Gasteiger partial charge < -0.3 is 19.7 Å². The van der Waals surface area contributed by atoms with Crippen molar-refractivity contribution < 1.29 is 28.9 Å². The van der Waals surface area contributed by atoms with Crippen LogP contribution in [0.5, 0.6) is 0 Å². The molecule has 1 aliphatic heterocycles. The third-order valence-corrected chi connectivity index (χ3v) is 5.71. The number of carboxylic acid groups (broad SMARTS) is 1. The number of hydrogen-bond acceptors (Lipinski definition) is 5. The van der Waals surface area contributed by atoms with Gasteiger partial charge in [0.2, 0.25) is 0 Å². The van der Waals surface area contributed by atoms with Crippen molar-refractivity contribution in [3.8, 4) is 0 Å². The lowest BCUT2D eigenvalue weighted by Crippen LogP contribution is -2.39. The number of halogens is 1. The molecule has 0 amide bonds. The molecule has 1 heterocycles. The Morgan fingerprint density at radius 1 is 1.20 bits per heavy atom. The highest BCUT2D eigenvalue weighted by atomic mass is 19.1. The first kappa shape index (κ1) is 25.9. The van der Waals surface area contributed by atoms with Gasteiger partial charge >= 0.3 is 5.97 Å². The first-order valence-electron chi connectivity index (χ1n) is 11.3. The van der Waals surface area contributed by atoms with Gasteiger partial charge in [-0.25, -0.2) is 4.39 Å². The Labute approximate surface area is 204 Å². The van der Waals surface area contributed by atoms with E-state index in [9.17, 15) is 9.18 Å². The molecule has 1 unspecified atom stereocenters. The summed E-state index contributed by atoms with van der Waals surface area (Å²) in [4.78, 5) is 11.1. The van der Waals surface area contributed by atoms with E-state index in [1.165, 1.54) is 6.07 Å². The SMILES string of the molecule is C=C1OCCO/C1=C/C=C(\C)c1cccc(/C=C/c2cc(CNC(CO)C(=O)O)ccc2F)c1C. The molecule has 1 aliphatic rings. The Morgan fingerprint density at radius 2 is 1.94 bits per heavy atom. The lowest BCUT2D eigenvalue weighted by molar-refractivity contribution is -0.140. The molecule has 6 nitrogen and oxygen atoms in total. The van der Waals surface area contributed by atoms with E-state index in [1.807, 2.05) is 50.3 Å². The molecule has 1 atom stereocenters. The number of carboxylic acids is 1. The van der Waals surface area contributed by atoms with E-state index in [0.717, 1.165) is 22.3 Å². The van der Waals surface area contributed by atoms with Gasteiger partial charge in [0.15, 0.2) is 11.5 Å². The molecular formula is C28H30FNO5. The van der Waals surface area contributed by atoms with Crippen LogP contribution in [0.1, 0.15) is 34.7 Å². The summed E-state index contributed by atoms with van der Waals surface area (Å²) >= 11 is 0. The smallest absolute Gasteiger partial charge is 0.323 e. The maximum atomic E-state index is 14.4. The zero-order valence-corrected chi connectivity index (χ0v) is 19.9. The van der Waals surface area contributed by atoms with Crippen LogP contribution in [-0.2, 0) is 20.8 Å². The van der Waals surface area contributed by atoms with Crippen LogP contribution in [0.3, 0.4) is 0 Å². The van der Waals surface area contributed by atoms with E-state index in [1.54, 1.807) is 18.2 Å². The van der Waals surface area contributed by atoms with Crippen molar-refractivity contribution in [2.75, 3.05) is 19.8 Å². The average Bonchev–Trinajstić information content (AvgIpc) is 2.84. The maximum Gasteiger partial charge on any atom is 0.323 e. The molecule has 7 heteroatoms. The minimum Gasteiger partial charge on any atom is -0.487 e. The van der Waals surface area contributed by atoms with E-state index in [0.29, 0.717) is 35.9 Å². The Bertz CT molecular complexity index is 1180. The Balaban J connectivity index is 1.79. The summed E-state index contributed by atoms with van der Waals surface area (Å²) in [7, 11) is 0. The van der Waals surface area contributed by atoms with Gasteiger partial charge in [0.25, 0.3) is 0 Å². The van der Waals surface area contributed by atoms with Gasteiger partial charge in [0.05, 0.1) is 6.61 Å². The number of nitrogens with one attached hydrogen (secondary N) is 1. The molecule has 0 spiro atoms. The summed E-state index contributed by atoms with van der Waals surface area (Å²) in [6.45, 7) is 8.52. The lowest BCUT2D eigenvalue weighted by Gasteiger charge is -2.19. The van der Waals surface area contributed by atoms with Crippen LogP contribution in [0.2, 0.25) is 0 Å². The number of rotatable bonds is 9. The van der Waals surface area contributed by atoms with Crippen molar-refractivity contribution in [1.29, 1.82) is 0 Å². The van der Waals surface area contributed by atoms with Crippen LogP contribution < -0.4 is 5.32 Å². The van der Waals surface area contributed by atoms with Crippen LogP contribution in [0.25, 0.3) is 17.7 Å². The van der Waals surface area contributed by atoms with Crippen LogP contribution in [-0.4, -0.2) is 42.0 Å². The molecule has 0 radical (unpaired) electrons. The number of aliphatic hydroxyl groups excluding tert-OH is 1. The van der Waals surface area contributed by atoms with Crippen molar-refractivity contribution in [3.63, 3.8) is 0 Å². The second kappa shape index (κ2) is 12.1. The number of aliphatic hydroxyl groups is 1. The minimum atomic E-state index is -1.14. The number of carbonyl (C=O) groups is 1. The van der Waals surface area contributed by atoms with E-state index >= 15 is 0 Å². The summed E-state index contributed by atoms with van der Waals surface area (Å²) in [5, 5.41) is 20.9. The normalized spacial score (nSPS) is 16.3. The highest BCUT2D eigenvalue weighted by Gasteiger charge is 2.15. The Morgan fingerprint density at radius 3 is 2.66 bits per heavy atom. The number of allylic oxidation sites excluding steroid dienone is 3. The highest BCUT2D eigenvalue weighted by Crippen LogP contribution is 2.25. The van der Waals surface area contributed by atoms with E-state index in [-0.39, 0.29) is 12.4 Å². The van der Waals surface area contributed by atoms with Crippen molar-refractivity contribution in [2.45, 2.75) is 26.4 Å². The number of benzene rings is 2. The van der Waals surface area contributed by atoms with Crippen molar-refractivity contribution in [3.05, 3.63) is 100 Å². The molecule has 2 aromatic rings. The summed E-state index contributed by atoms with van der Waals surface area (Å²) in [6, 6.07) is 9.44. The first-order valence-corrected chi connectivity index (χ1v) is 11.3. The number of aliphatic carboxylic acids is 1. The maximum absolute atomic E-state index is 14.4. The predicted octanol–water partition coefficient (Wildman–Crippen LogP) is 4.69. The molecule has 0 saturated carbocycles. The molecule has 35 heavy (non-hydrogen) atoms. The summed E-state index contributed by atoms with van der Waals surface area (Å²) in [5.74, 6) is -0.394. The highest BCUT2D eigenvalue weighted by molar-refractivity contribution is 5.77. The monoisotopic (exact) mass is 479 g/mol. The quantitative estimate of drug-likeness (QED) is 0.453. The van der Waals surface area contributed by atoms with Gasteiger partial charge in [-0.15, -0.1) is 0 Å². The van der Waals surface area contributed by atoms with E-state index in [2.05, 4.69) is 11.9 Å². The van der Waals surface area contributed by atoms with Gasteiger partial charge in [-0.05, 0) is 59.9 Å². The Kier molecular flexibility index (Phi) is 9.00. The zero-order chi connectivity index (χ0) is 25.4. The van der Waals surface area contributed by atoms with Crippen molar-refractivity contribution in [1.82, 2.24) is 5.32 Å². The summed E-state index contributed by atoms with van der Waals surface area (Å²) in [5.41, 5.74) is 5.16. The molecule has 1 fully saturated rings. The Hall–Kier alpha value is -3.68. The topological polar surface area (TPSA) is 88.0 Å². The van der Waals surface area contributed by atoms with Crippen LogP contribution >= 0.6 is 0 Å². The number of hydrogen-bond donors (Lipinski definition) is 3. The second-order valence-corrected chi connectivity index (χ2v) is 8.16. The van der Waals surface area contributed by atoms with Crippen molar-refractivity contribution in [2.24, 2.45) is 0 Å². The molecule has 0 bridgehead atoms. The fourth-order valence-corrected chi connectivity index (χ4v) is 3.64.